The number of nitrogens with zero attached hydrogens (tertiary/aromatic N) is 3. The van der Waals surface area contributed by atoms with Crippen molar-refractivity contribution in [1.29, 1.82) is 0 Å². The van der Waals surface area contributed by atoms with Crippen molar-refractivity contribution in [2.75, 3.05) is 5.32 Å². The van der Waals surface area contributed by atoms with E-state index in [-0.39, 0.29) is 5.82 Å². The predicted octanol–water partition coefficient (Wildman–Crippen LogP) is 2.55. The molecule has 118 valence electrons. The number of hydrogen-bond acceptors (Lipinski definition) is 4. The number of hydrogen-bond donors (Lipinski definition) is 2. The van der Waals surface area contributed by atoms with Gasteiger partial charge in [-0.25, -0.2) is 14.1 Å². The third-order valence-electron chi connectivity index (χ3n) is 3.00. The second kappa shape index (κ2) is 7.01. The SMILES string of the molecule is Fc1cccc(Cn2cnc(NC(=S)NCc3ccco3)n2)c1. The first-order chi connectivity index (χ1) is 11.2. The van der Waals surface area contributed by atoms with Crippen LogP contribution in [0.25, 0.3) is 0 Å². The van der Waals surface area contributed by atoms with Gasteiger partial charge in [0.2, 0.25) is 5.95 Å². The summed E-state index contributed by atoms with van der Waals surface area (Å²) < 4.78 is 20.0. The van der Waals surface area contributed by atoms with Crippen LogP contribution in [-0.2, 0) is 13.1 Å². The fourth-order valence-corrected chi connectivity index (χ4v) is 2.14. The van der Waals surface area contributed by atoms with Crippen molar-refractivity contribution < 1.29 is 8.81 Å². The van der Waals surface area contributed by atoms with E-state index in [1.165, 1.54) is 12.1 Å². The second-order valence-corrected chi connectivity index (χ2v) is 5.19. The molecule has 0 aliphatic rings. The van der Waals surface area contributed by atoms with Crippen LogP contribution in [0.4, 0.5) is 10.3 Å². The fourth-order valence-electron chi connectivity index (χ4n) is 1.98. The molecule has 6 nitrogen and oxygen atoms in total. The van der Waals surface area contributed by atoms with Gasteiger partial charge in [-0.05, 0) is 42.0 Å². The normalized spacial score (nSPS) is 10.5. The Morgan fingerprint density at radius 3 is 3.00 bits per heavy atom. The highest BCUT2D eigenvalue weighted by molar-refractivity contribution is 7.80. The third kappa shape index (κ3) is 4.36. The molecule has 0 amide bonds. The Morgan fingerprint density at radius 2 is 2.22 bits per heavy atom. The maximum atomic E-state index is 13.2. The van der Waals surface area contributed by atoms with Gasteiger partial charge >= 0.3 is 0 Å². The van der Waals surface area contributed by atoms with E-state index in [1.54, 1.807) is 23.3 Å². The van der Waals surface area contributed by atoms with Gasteiger partial charge in [-0.1, -0.05) is 12.1 Å². The Hall–Kier alpha value is -2.74. The van der Waals surface area contributed by atoms with Crippen molar-refractivity contribution in [2.24, 2.45) is 0 Å². The molecule has 0 atom stereocenters. The van der Waals surface area contributed by atoms with Crippen molar-refractivity contribution in [3.05, 3.63) is 66.1 Å². The first kappa shape index (κ1) is 15.2. The molecule has 0 aliphatic heterocycles. The van der Waals surface area contributed by atoms with E-state index in [1.807, 2.05) is 18.2 Å². The molecule has 0 unspecified atom stereocenters. The Balaban J connectivity index is 1.53. The zero-order valence-corrected chi connectivity index (χ0v) is 12.9. The molecule has 3 aromatic rings. The smallest absolute Gasteiger partial charge is 0.248 e. The lowest BCUT2D eigenvalue weighted by Crippen LogP contribution is -2.28. The van der Waals surface area contributed by atoms with Crippen LogP contribution < -0.4 is 10.6 Å². The molecule has 8 heteroatoms. The minimum absolute atomic E-state index is 0.274. The van der Waals surface area contributed by atoms with Gasteiger partial charge in [0.1, 0.15) is 17.9 Å². The Bertz CT molecular complexity index is 787. The number of thiocarbonyl (C=S) groups is 1. The molecule has 0 bridgehead atoms. The molecule has 0 saturated heterocycles. The summed E-state index contributed by atoms with van der Waals surface area (Å²) in [5, 5.41) is 10.5. The van der Waals surface area contributed by atoms with Gasteiger partial charge in [0.15, 0.2) is 5.11 Å². The molecule has 0 saturated carbocycles. The summed E-state index contributed by atoms with van der Waals surface area (Å²) in [7, 11) is 0. The maximum absolute atomic E-state index is 13.2. The number of furan rings is 1. The predicted molar refractivity (Wildman–Crippen MR) is 87.3 cm³/mol. The molecule has 3 rings (SSSR count). The van der Waals surface area contributed by atoms with Gasteiger partial charge in [-0.15, -0.1) is 5.10 Å². The summed E-state index contributed by atoms with van der Waals surface area (Å²) in [5.41, 5.74) is 0.806. The summed E-state index contributed by atoms with van der Waals surface area (Å²) in [6, 6.07) is 10.0. The van der Waals surface area contributed by atoms with Gasteiger partial charge in [0, 0.05) is 0 Å². The van der Waals surface area contributed by atoms with Gasteiger partial charge in [-0.3, -0.25) is 5.32 Å². The lowest BCUT2D eigenvalue weighted by Gasteiger charge is -2.06. The molecular weight excluding hydrogens is 317 g/mol. The lowest BCUT2D eigenvalue weighted by molar-refractivity contribution is 0.503. The molecule has 0 radical (unpaired) electrons. The standard InChI is InChI=1S/C15H14FN5OS/c16-12-4-1-3-11(7-12)9-21-10-18-14(20-21)19-15(23)17-8-13-5-2-6-22-13/h1-7,10H,8-9H2,(H2,17,19,20,23). The van der Waals surface area contributed by atoms with Gasteiger partial charge < -0.3 is 9.73 Å². The van der Waals surface area contributed by atoms with Gasteiger partial charge in [0.25, 0.3) is 0 Å². The number of anilines is 1. The summed E-state index contributed by atoms with van der Waals surface area (Å²) in [6.45, 7) is 0.905. The van der Waals surface area contributed by atoms with E-state index >= 15 is 0 Å². The van der Waals surface area contributed by atoms with E-state index in [2.05, 4.69) is 20.7 Å². The first-order valence-corrected chi connectivity index (χ1v) is 7.31. The zero-order valence-electron chi connectivity index (χ0n) is 12.1. The van der Waals surface area contributed by atoms with Crippen LogP contribution in [0.15, 0.2) is 53.4 Å². The van der Waals surface area contributed by atoms with Crippen molar-refractivity contribution >= 4 is 23.3 Å². The molecular formula is C15H14FN5OS. The Labute approximate surface area is 137 Å². The fraction of sp³-hybridized carbons (Fsp3) is 0.133. The maximum Gasteiger partial charge on any atom is 0.248 e. The molecule has 0 fully saturated rings. The van der Waals surface area contributed by atoms with Crippen molar-refractivity contribution in [3.63, 3.8) is 0 Å². The van der Waals surface area contributed by atoms with Crippen molar-refractivity contribution in [3.8, 4) is 0 Å². The second-order valence-electron chi connectivity index (χ2n) is 4.78. The number of rotatable bonds is 5. The van der Waals surface area contributed by atoms with E-state index < -0.39 is 0 Å². The monoisotopic (exact) mass is 331 g/mol. The van der Waals surface area contributed by atoms with E-state index in [0.29, 0.717) is 24.2 Å². The van der Waals surface area contributed by atoms with Crippen LogP contribution in [-0.4, -0.2) is 19.9 Å². The quantitative estimate of drug-likeness (QED) is 0.700. The van der Waals surface area contributed by atoms with E-state index in [4.69, 9.17) is 16.6 Å². The molecule has 23 heavy (non-hydrogen) atoms. The number of halogens is 1. The average molecular weight is 331 g/mol. The van der Waals surface area contributed by atoms with Crippen LogP contribution in [0.1, 0.15) is 11.3 Å². The van der Waals surface area contributed by atoms with E-state index in [0.717, 1.165) is 11.3 Å². The largest absolute Gasteiger partial charge is 0.467 e. The Kier molecular flexibility index (Phi) is 4.62. The molecule has 2 N–H and O–H groups in total. The topological polar surface area (TPSA) is 67.9 Å². The van der Waals surface area contributed by atoms with Crippen LogP contribution >= 0.6 is 12.2 Å². The van der Waals surface area contributed by atoms with Crippen LogP contribution in [0.3, 0.4) is 0 Å². The van der Waals surface area contributed by atoms with Gasteiger partial charge in [-0.2, -0.15) is 0 Å². The molecule has 1 aromatic carbocycles. The molecule has 0 spiro atoms. The molecule has 0 aliphatic carbocycles. The zero-order chi connectivity index (χ0) is 16.1. The highest BCUT2D eigenvalue weighted by Crippen LogP contribution is 2.06. The third-order valence-corrected chi connectivity index (χ3v) is 3.25. The van der Waals surface area contributed by atoms with E-state index in [9.17, 15) is 4.39 Å². The average Bonchev–Trinajstić information content (AvgIpc) is 3.17. The first-order valence-electron chi connectivity index (χ1n) is 6.90. The summed E-state index contributed by atoms with van der Waals surface area (Å²) in [6.07, 6.45) is 3.16. The Morgan fingerprint density at radius 1 is 1.30 bits per heavy atom. The minimum Gasteiger partial charge on any atom is -0.467 e. The summed E-state index contributed by atoms with van der Waals surface area (Å²) in [5.74, 6) is 0.876. The summed E-state index contributed by atoms with van der Waals surface area (Å²) >= 11 is 5.16. The summed E-state index contributed by atoms with van der Waals surface area (Å²) in [4.78, 5) is 4.12. The van der Waals surface area contributed by atoms with Crippen molar-refractivity contribution in [2.45, 2.75) is 13.1 Å². The van der Waals surface area contributed by atoms with Crippen LogP contribution in [0, 0.1) is 5.82 Å². The van der Waals surface area contributed by atoms with Crippen LogP contribution in [0.5, 0.6) is 0 Å². The molecule has 2 aromatic heterocycles. The molecule has 2 heterocycles. The lowest BCUT2D eigenvalue weighted by atomic mass is 10.2. The minimum atomic E-state index is -0.274. The number of nitrogens with one attached hydrogen (secondary N) is 2. The number of benzene rings is 1. The highest BCUT2D eigenvalue weighted by Gasteiger charge is 2.05. The van der Waals surface area contributed by atoms with Crippen molar-refractivity contribution in [1.82, 2.24) is 20.1 Å². The van der Waals surface area contributed by atoms with Gasteiger partial charge in [0.05, 0.1) is 19.4 Å². The highest BCUT2D eigenvalue weighted by atomic mass is 32.1. The number of aromatic nitrogens is 3. The van der Waals surface area contributed by atoms with Crippen LogP contribution in [0.2, 0.25) is 0 Å².